The number of nitrogens with zero attached hydrogens (tertiary/aromatic N) is 3. The van der Waals surface area contributed by atoms with Gasteiger partial charge < -0.3 is 15.6 Å². The first-order valence-corrected chi connectivity index (χ1v) is 9.53. The average Bonchev–Trinajstić information content (AvgIpc) is 3.43. The smallest absolute Gasteiger partial charge is 0.120 e. The Bertz CT molecular complexity index is 874. The Hall–Kier alpha value is -2.73. The van der Waals surface area contributed by atoms with E-state index in [0.29, 0.717) is 11.5 Å². The number of aryl methyl sites for hydroxylation is 1. The van der Waals surface area contributed by atoms with Crippen molar-refractivity contribution in [3.05, 3.63) is 59.9 Å². The van der Waals surface area contributed by atoms with Crippen LogP contribution in [0.5, 0.6) is 0 Å². The zero-order valence-electron chi connectivity index (χ0n) is 15.7. The summed E-state index contributed by atoms with van der Waals surface area (Å²) in [5.74, 6) is 0.496. The van der Waals surface area contributed by atoms with Crippen LogP contribution in [0.2, 0.25) is 0 Å². The summed E-state index contributed by atoms with van der Waals surface area (Å²) in [4.78, 5) is 2.12. The van der Waals surface area contributed by atoms with Gasteiger partial charge in [-0.25, -0.2) is 4.68 Å². The highest BCUT2D eigenvalue weighted by atomic mass is 15.3. The molecule has 1 unspecified atom stereocenters. The van der Waals surface area contributed by atoms with Gasteiger partial charge in [-0.1, -0.05) is 6.07 Å². The highest BCUT2D eigenvalue weighted by Gasteiger charge is 2.40. The molecule has 2 saturated heterocycles. The molecule has 2 aliphatic heterocycles. The van der Waals surface area contributed by atoms with E-state index >= 15 is 0 Å². The summed E-state index contributed by atoms with van der Waals surface area (Å²) in [6.45, 7) is 4.92. The molecule has 1 aromatic carbocycles. The number of hydrogen-bond donors (Lipinski definition) is 3. The quantitative estimate of drug-likeness (QED) is 0.578. The van der Waals surface area contributed by atoms with Gasteiger partial charge in [0.25, 0.3) is 0 Å². The van der Waals surface area contributed by atoms with E-state index in [1.807, 2.05) is 42.1 Å². The van der Waals surface area contributed by atoms with Gasteiger partial charge in [-0.2, -0.15) is 5.10 Å². The Morgan fingerprint density at radius 1 is 1.26 bits per heavy atom. The maximum Gasteiger partial charge on any atom is 0.120 e. The molecule has 27 heavy (non-hydrogen) atoms. The first-order chi connectivity index (χ1) is 13.1. The van der Waals surface area contributed by atoms with Crippen LogP contribution in [0.25, 0.3) is 5.69 Å². The van der Waals surface area contributed by atoms with Gasteiger partial charge in [0.15, 0.2) is 0 Å². The Morgan fingerprint density at radius 2 is 2.15 bits per heavy atom. The second kappa shape index (κ2) is 7.12. The lowest BCUT2D eigenvalue weighted by Crippen LogP contribution is -2.43. The Balaban J connectivity index is 1.42. The minimum Gasteiger partial charge on any atom is -0.355 e. The zero-order chi connectivity index (χ0) is 18.9. The lowest BCUT2D eigenvalue weighted by Gasteiger charge is -2.24. The highest BCUT2D eigenvalue weighted by molar-refractivity contribution is 6.10. The van der Waals surface area contributed by atoms with E-state index < -0.39 is 0 Å². The first kappa shape index (κ1) is 17.7. The molecule has 2 aromatic rings. The van der Waals surface area contributed by atoms with E-state index in [-0.39, 0.29) is 5.54 Å². The summed E-state index contributed by atoms with van der Waals surface area (Å²) in [6, 6.07) is 7.85. The molecule has 0 radical (unpaired) electrons. The molecule has 0 bridgehead atoms. The molecule has 0 saturated carbocycles. The van der Waals surface area contributed by atoms with Crippen molar-refractivity contribution in [2.45, 2.75) is 31.7 Å². The van der Waals surface area contributed by atoms with Crippen LogP contribution in [0, 0.1) is 17.7 Å². The Kier molecular flexibility index (Phi) is 4.66. The fraction of sp³-hybridized carbons (Fsp3) is 0.381. The molecule has 3 N–H and O–H groups in total. The monoisotopic (exact) mass is 362 g/mol. The van der Waals surface area contributed by atoms with Crippen LogP contribution in [0.3, 0.4) is 0 Å². The van der Waals surface area contributed by atoms with Gasteiger partial charge in [-0.05, 0) is 68.6 Å². The van der Waals surface area contributed by atoms with Crippen LogP contribution in [-0.2, 0) is 0 Å². The molecule has 1 aromatic heterocycles. The number of benzene rings is 1. The summed E-state index contributed by atoms with van der Waals surface area (Å²) < 4.78 is 1.81. The van der Waals surface area contributed by atoms with Crippen molar-refractivity contribution in [2.75, 3.05) is 19.6 Å². The lowest BCUT2D eigenvalue weighted by molar-refractivity contribution is 0.381. The van der Waals surface area contributed by atoms with Crippen LogP contribution < -0.4 is 5.32 Å². The third-order valence-corrected chi connectivity index (χ3v) is 5.70. The van der Waals surface area contributed by atoms with Crippen LogP contribution in [0.15, 0.2) is 48.8 Å². The molecule has 2 fully saturated rings. The van der Waals surface area contributed by atoms with Crippen molar-refractivity contribution in [3.63, 3.8) is 0 Å². The fourth-order valence-corrected chi connectivity index (χ4v) is 4.17. The number of aromatic nitrogens is 2. The summed E-state index contributed by atoms with van der Waals surface area (Å²) in [5.41, 5.74) is 3.53. The van der Waals surface area contributed by atoms with Crippen molar-refractivity contribution in [2.24, 2.45) is 0 Å². The largest absolute Gasteiger partial charge is 0.355 e. The molecule has 0 amide bonds. The van der Waals surface area contributed by atoms with Crippen molar-refractivity contribution in [1.29, 1.82) is 10.8 Å². The average molecular weight is 362 g/mol. The molecule has 1 atom stereocenters. The lowest BCUT2D eigenvalue weighted by atomic mass is 9.97. The molecule has 4 rings (SSSR count). The molecule has 3 heterocycles. The number of hydrogen-bond acceptors (Lipinski definition) is 4. The van der Waals surface area contributed by atoms with Gasteiger partial charge in [0.1, 0.15) is 5.84 Å². The van der Waals surface area contributed by atoms with Gasteiger partial charge in [-0.3, -0.25) is 5.41 Å². The summed E-state index contributed by atoms with van der Waals surface area (Å²) in [5, 5.41) is 24.6. The van der Waals surface area contributed by atoms with E-state index in [0.717, 1.165) is 42.9 Å². The molecule has 6 heteroatoms. The van der Waals surface area contributed by atoms with Crippen molar-refractivity contribution < 1.29 is 0 Å². The molecule has 0 aliphatic carbocycles. The minimum absolute atomic E-state index is 0.215. The second-order valence-corrected chi connectivity index (χ2v) is 7.56. The van der Waals surface area contributed by atoms with Gasteiger partial charge in [0.2, 0.25) is 0 Å². The standard InChI is InChI=1S/C21H26N6/c1-16-14-17(27-12-3-11-25-27)4-5-18(16)19(22)6-7-20(23)26-13-9-21(15-26)8-2-10-24-21/h3-7,11-12,14,22-24H,2,8-10,13,15H2,1H3/b7-6-,22-19?,23-20?. The maximum absolute atomic E-state index is 8.40. The normalized spacial score (nSPS) is 22.2. The molecule has 1 spiro atoms. The predicted molar refractivity (Wildman–Crippen MR) is 108 cm³/mol. The van der Waals surface area contributed by atoms with Gasteiger partial charge >= 0.3 is 0 Å². The van der Waals surface area contributed by atoms with Crippen LogP contribution in [0.4, 0.5) is 0 Å². The van der Waals surface area contributed by atoms with Crippen molar-refractivity contribution in [3.8, 4) is 5.69 Å². The number of likely N-dealkylation sites (tertiary alicyclic amines) is 1. The van der Waals surface area contributed by atoms with Gasteiger partial charge in [0, 0.05) is 36.6 Å². The molecule has 6 nitrogen and oxygen atoms in total. The summed E-state index contributed by atoms with van der Waals surface area (Å²) >= 11 is 0. The molecular weight excluding hydrogens is 336 g/mol. The number of allylic oxidation sites excluding steroid dienone is 1. The SMILES string of the molecule is Cc1cc(-n2cccn2)ccc1C(=N)/C=C\C(=N)N1CCC2(CCCN2)C1. The summed E-state index contributed by atoms with van der Waals surface area (Å²) in [6.07, 6.45) is 10.7. The van der Waals surface area contributed by atoms with E-state index in [1.54, 1.807) is 18.3 Å². The van der Waals surface area contributed by atoms with E-state index in [1.165, 1.54) is 12.8 Å². The molecule has 2 aliphatic rings. The fourth-order valence-electron chi connectivity index (χ4n) is 4.17. The zero-order valence-corrected chi connectivity index (χ0v) is 15.7. The number of rotatable bonds is 4. The maximum atomic E-state index is 8.40. The Labute approximate surface area is 159 Å². The van der Waals surface area contributed by atoms with E-state index in [2.05, 4.69) is 15.3 Å². The Morgan fingerprint density at radius 3 is 2.85 bits per heavy atom. The van der Waals surface area contributed by atoms with Crippen molar-refractivity contribution in [1.82, 2.24) is 20.0 Å². The van der Waals surface area contributed by atoms with Crippen LogP contribution in [-0.4, -0.2) is 51.4 Å². The van der Waals surface area contributed by atoms with Crippen LogP contribution >= 0.6 is 0 Å². The third-order valence-electron chi connectivity index (χ3n) is 5.70. The van der Waals surface area contributed by atoms with E-state index in [4.69, 9.17) is 10.8 Å². The highest BCUT2D eigenvalue weighted by Crippen LogP contribution is 2.30. The first-order valence-electron chi connectivity index (χ1n) is 9.53. The second-order valence-electron chi connectivity index (χ2n) is 7.56. The minimum atomic E-state index is 0.215. The van der Waals surface area contributed by atoms with Gasteiger partial charge in [-0.15, -0.1) is 0 Å². The molecule has 140 valence electrons. The van der Waals surface area contributed by atoms with Gasteiger partial charge in [0.05, 0.1) is 11.4 Å². The predicted octanol–water partition coefficient (Wildman–Crippen LogP) is 2.91. The topological polar surface area (TPSA) is 80.8 Å². The van der Waals surface area contributed by atoms with Crippen molar-refractivity contribution >= 4 is 11.5 Å². The third kappa shape index (κ3) is 3.57. The van der Waals surface area contributed by atoms with E-state index in [9.17, 15) is 0 Å². The molecular formula is C21H26N6. The van der Waals surface area contributed by atoms with Crippen LogP contribution in [0.1, 0.15) is 30.4 Å². The summed E-state index contributed by atoms with van der Waals surface area (Å²) in [7, 11) is 0. The number of nitrogens with one attached hydrogen (secondary N) is 3. The number of amidine groups is 1.